The van der Waals surface area contributed by atoms with E-state index in [2.05, 4.69) is 32.2 Å². The van der Waals surface area contributed by atoms with E-state index in [9.17, 15) is 26.7 Å². The van der Waals surface area contributed by atoms with Crippen LogP contribution in [0.25, 0.3) is 11.0 Å². The molecule has 3 aromatic rings. The number of anilines is 3. The van der Waals surface area contributed by atoms with Gasteiger partial charge in [-0.3, -0.25) is 4.79 Å². The van der Waals surface area contributed by atoms with Gasteiger partial charge in [-0.15, -0.1) is 0 Å². The third kappa shape index (κ3) is 5.17. The largest absolute Gasteiger partial charge is 0.419 e. The number of aromatic nitrogens is 4. The number of fused-ring (bicyclic) bond motifs is 1. The van der Waals surface area contributed by atoms with Crippen LogP contribution in [0.5, 0.6) is 0 Å². The Bertz CT molecular complexity index is 1270. The van der Waals surface area contributed by atoms with Crippen molar-refractivity contribution in [3.05, 3.63) is 48.1 Å². The molecule has 1 unspecified atom stereocenters. The van der Waals surface area contributed by atoms with Gasteiger partial charge in [-0.25, -0.2) is 23.7 Å². The first kappa shape index (κ1) is 24.4. The van der Waals surface area contributed by atoms with E-state index < -0.39 is 35.7 Å². The van der Waals surface area contributed by atoms with Crippen molar-refractivity contribution in [3.8, 4) is 0 Å². The first-order valence-corrected chi connectivity index (χ1v) is 10.6. The van der Waals surface area contributed by atoms with Gasteiger partial charge in [-0.05, 0) is 24.6 Å². The predicted octanol–water partition coefficient (Wildman–Crippen LogP) is 4.14. The molecular weight excluding hydrogens is 473 g/mol. The van der Waals surface area contributed by atoms with E-state index in [0.29, 0.717) is 47.2 Å². The van der Waals surface area contributed by atoms with E-state index in [0.717, 1.165) is 0 Å². The lowest BCUT2D eigenvalue weighted by atomic mass is 10.0. The predicted molar refractivity (Wildman–Crippen MR) is 120 cm³/mol. The second-order valence-electron chi connectivity index (χ2n) is 8.36. The summed E-state index contributed by atoms with van der Waals surface area (Å²) in [7, 11) is 1.76. The number of carbonyl (C=O) groups excluding carboxylic acids is 1. The van der Waals surface area contributed by atoms with Crippen LogP contribution in [0.1, 0.15) is 17.5 Å². The standard InChI is InChI=1S/C22H22F5N7O/c1-11-4-18-17(6-16(11)31-19(35)12(2)23)32-21(33(18)3)34-9-14(24)5-15(10-34)30-20-28-7-13(8-29-20)22(25,26)27/h4,6-8,14-15H,2,5,9-10H2,1,3H3,(H,31,35)(H,28,29,30)/t14-,15?/m1/s1. The average molecular weight is 495 g/mol. The minimum atomic E-state index is -4.55. The molecule has 0 saturated carbocycles. The molecule has 1 aliphatic heterocycles. The first-order valence-electron chi connectivity index (χ1n) is 10.6. The molecule has 2 atom stereocenters. The second kappa shape index (κ2) is 9.12. The maximum Gasteiger partial charge on any atom is 0.419 e. The zero-order chi connectivity index (χ0) is 25.5. The average Bonchev–Trinajstić information content (AvgIpc) is 3.08. The third-order valence-electron chi connectivity index (χ3n) is 5.69. The van der Waals surface area contributed by atoms with Crippen LogP contribution in [-0.4, -0.2) is 50.7 Å². The minimum absolute atomic E-state index is 0.0347. The molecule has 4 rings (SSSR count). The first-order chi connectivity index (χ1) is 16.4. The zero-order valence-corrected chi connectivity index (χ0v) is 18.8. The molecule has 13 heteroatoms. The van der Waals surface area contributed by atoms with Crippen molar-refractivity contribution < 1.29 is 26.7 Å². The zero-order valence-electron chi connectivity index (χ0n) is 18.8. The summed E-state index contributed by atoms with van der Waals surface area (Å²) in [6.45, 7) is 5.08. The van der Waals surface area contributed by atoms with Gasteiger partial charge in [-0.2, -0.15) is 13.2 Å². The molecule has 0 spiro atoms. The highest BCUT2D eigenvalue weighted by atomic mass is 19.4. The summed E-state index contributed by atoms with van der Waals surface area (Å²) in [4.78, 5) is 25.4. The van der Waals surface area contributed by atoms with Gasteiger partial charge < -0.3 is 20.1 Å². The number of hydrogen-bond acceptors (Lipinski definition) is 6. The SMILES string of the molecule is C=C(F)C(=O)Nc1cc2nc(N3CC(Nc4ncc(C(F)(F)F)cn4)C[C@@H](F)C3)n(C)c2cc1C. The molecule has 1 aliphatic rings. The highest BCUT2D eigenvalue weighted by Gasteiger charge is 2.33. The molecule has 35 heavy (non-hydrogen) atoms. The normalized spacial score (nSPS) is 18.5. The molecule has 0 radical (unpaired) electrons. The Hall–Kier alpha value is -3.77. The topological polar surface area (TPSA) is 88.0 Å². The molecule has 1 aromatic carbocycles. The molecule has 2 N–H and O–H groups in total. The van der Waals surface area contributed by atoms with Gasteiger partial charge in [0.25, 0.3) is 5.91 Å². The van der Waals surface area contributed by atoms with E-state index in [-0.39, 0.29) is 18.9 Å². The maximum atomic E-state index is 14.6. The van der Waals surface area contributed by atoms with Crippen LogP contribution in [0.4, 0.5) is 39.5 Å². The van der Waals surface area contributed by atoms with Crippen LogP contribution in [0.2, 0.25) is 0 Å². The lowest BCUT2D eigenvalue weighted by Crippen LogP contribution is -2.48. The smallest absolute Gasteiger partial charge is 0.350 e. The van der Waals surface area contributed by atoms with E-state index >= 15 is 0 Å². The third-order valence-corrected chi connectivity index (χ3v) is 5.69. The van der Waals surface area contributed by atoms with Crippen molar-refractivity contribution in [1.82, 2.24) is 19.5 Å². The van der Waals surface area contributed by atoms with Crippen molar-refractivity contribution in [2.45, 2.75) is 31.7 Å². The second-order valence-corrected chi connectivity index (χ2v) is 8.36. The van der Waals surface area contributed by atoms with Crippen molar-refractivity contribution in [2.24, 2.45) is 7.05 Å². The number of halogens is 5. The summed E-state index contributed by atoms with van der Waals surface area (Å²) in [6.07, 6.45) is -4.32. The molecule has 0 aliphatic carbocycles. The number of aryl methyl sites for hydroxylation is 2. The fourth-order valence-electron chi connectivity index (χ4n) is 3.97. The van der Waals surface area contributed by atoms with Gasteiger partial charge in [0.1, 0.15) is 6.17 Å². The number of piperidine rings is 1. The summed E-state index contributed by atoms with van der Waals surface area (Å²) in [5, 5.41) is 5.33. The molecule has 1 saturated heterocycles. The monoisotopic (exact) mass is 495 g/mol. The quantitative estimate of drug-likeness (QED) is 0.409. The number of imidazole rings is 1. The Labute approximate surface area is 196 Å². The Morgan fingerprint density at radius 3 is 2.51 bits per heavy atom. The molecule has 2 aromatic heterocycles. The van der Waals surface area contributed by atoms with Gasteiger partial charge in [0.2, 0.25) is 11.9 Å². The highest BCUT2D eigenvalue weighted by Crippen LogP contribution is 2.30. The van der Waals surface area contributed by atoms with E-state index in [1.165, 1.54) is 0 Å². The Morgan fingerprint density at radius 1 is 1.20 bits per heavy atom. The van der Waals surface area contributed by atoms with E-state index in [1.54, 1.807) is 35.6 Å². The Morgan fingerprint density at radius 2 is 1.89 bits per heavy atom. The van der Waals surface area contributed by atoms with Crippen molar-refractivity contribution in [2.75, 3.05) is 28.6 Å². The fraction of sp³-hybridized carbons (Fsp3) is 0.364. The summed E-state index contributed by atoms with van der Waals surface area (Å²) >= 11 is 0. The molecule has 0 bridgehead atoms. The minimum Gasteiger partial charge on any atom is -0.350 e. The summed E-state index contributed by atoms with van der Waals surface area (Å²) < 4.78 is 67.7. The Kier molecular flexibility index (Phi) is 6.34. The molecule has 1 amide bonds. The van der Waals surface area contributed by atoms with Gasteiger partial charge in [-0.1, -0.05) is 6.58 Å². The number of alkyl halides is 4. The number of nitrogens with one attached hydrogen (secondary N) is 2. The van der Waals surface area contributed by atoms with Crippen LogP contribution >= 0.6 is 0 Å². The molecule has 186 valence electrons. The summed E-state index contributed by atoms with van der Waals surface area (Å²) in [6, 6.07) is 2.88. The molecule has 1 fully saturated rings. The molecular formula is C22H22F5N7O. The van der Waals surface area contributed by atoms with Crippen molar-refractivity contribution >= 4 is 34.5 Å². The highest BCUT2D eigenvalue weighted by molar-refractivity contribution is 6.03. The summed E-state index contributed by atoms with van der Waals surface area (Å²) in [5.74, 6) is -1.66. The molecule has 8 nitrogen and oxygen atoms in total. The van der Waals surface area contributed by atoms with Gasteiger partial charge in [0.05, 0.1) is 23.1 Å². The van der Waals surface area contributed by atoms with Gasteiger partial charge in [0.15, 0.2) is 5.83 Å². The van der Waals surface area contributed by atoms with Crippen molar-refractivity contribution in [3.63, 3.8) is 0 Å². The van der Waals surface area contributed by atoms with Crippen LogP contribution < -0.4 is 15.5 Å². The van der Waals surface area contributed by atoms with Gasteiger partial charge >= 0.3 is 6.18 Å². The lowest BCUT2D eigenvalue weighted by molar-refractivity contribution is -0.138. The number of nitrogens with zero attached hydrogens (tertiary/aromatic N) is 5. The van der Waals surface area contributed by atoms with Crippen molar-refractivity contribution in [1.29, 1.82) is 0 Å². The maximum absolute atomic E-state index is 14.6. The fourth-order valence-corrected chi connectivity index (χ4v) is 3.97. The number of amides is 1. The van der Waals surface area contributed by atoms with Crippen LogP contribution in [0, 0.1) is 6.92 Å². The van der Waals surface area contributed by atoms with Crippen LogP contribution in [0.15, 0.2) is 36.9 Å². The van der Waals surface area contributed by atoms with E-state index in [1.807, 2.05) is 0 Å². The summed E-state index contributed by atoms with van der Waals surface area (Å²) in [5.41, 5.74) is 1.28. The number of carbonyl (C=O) groups is 1. The number of rotatable bonds is 5. The Balaban J connectivity index is 1.56. The number of hydrogen-bond donors (Lipinski definition) is 2. The van der Waals surface area contributed by atoms with Crippen LogP contribution in [0.3, 0.4) is 0 Å². The molecule has 3 heterocycles. The van der Waals surface area contributed by atoms with Gasteiger partial charge in [0, 0.05) is 44.1 Å². The van der Waals surface area contributed by atoms with E-state index in [4.69, 9.17) is 0 Å². The number of benzene rings is 1. The van der Waals surface area contributed by atoms with Crippen LogP contribution in [-0.2, 0) is 18.0 Å². The lowest BCUT2D eigenvalue weighted by Gasteiger charge is -2.35.